The normalized spacial score (nSPS) is 30.0. The highest BCUT2D eigenvalue weighted by molar-refractivity contribution is 7.13. The Morgan fingerprint density at radius 1 is 1.62 bits per heavy atom. The number of likely N-dealkylation sites (tertiary alicyclic amines) is 1. The average Bonchev–Trinajstić information content (AvgIpc) is 3.11. The third kappa shape index (κ3) is 2.44. The molecule has 3 atom stereocenters. The smallest absolute Gasteiger partial charge is 0.311 e. The number of hydrogen-bond acceptors (Lipinski definition) is 5. The number of aromatic nitrogens is 1. The fraction of sp³-hybridized carbons (Fsp3) is 0.643. The van der Waals surface area contributed by atoms with Crippen molar-refractivity contribution in [2.75, 3.05) is 18.4 Å². The lowest BCUT2D eigenvalue weighted by Crippen LogP contribution is -2.43. The minimum atomic E-state index is -0.708. The van der Waals surface area contributed by atoms with Crippen molar-refractivity contribution in [2.24, 2.45) is 11.3 Å². The van der Waals surface area contributed by atoms with E-state index in [1.165, 1.54) is 11.3 Å². The van der Waals surface area contributed by atoms with Crippen LogP contribution in [0.4, 0.5) is 5.13 Å². The maximum absolute atomic E-state index is 12.3. The van der Waals surface area contributed by atoms with Crippen molar-refractivity contribution in [3.8, 4) is 0 Å². The quantitative estimate of drug-likeness (QED) is 0.884. The molecule has 2 heterocycles. The van der Waals surface area contributed by atoms with Gasteiger partial charge in [-0.1, -0.05) is 6.42 Å². The number of hydrogen-bond donors (Lipinski definition) is 2. The van der Waals surface area contributed by atoms with Gasteiger partial charge in [0.25, 0.3) is 0 Å². The number of carbonyl (C=O) groups excluding carboxylic acids is 1. The van der Waals surface area contributed by atoms with Crippen LogP contribution in [0, 0.1) is 11.3 Å². The molecule has 1 saturated heterocycles. The van der Waals surface area contributed by atoms with E-state index in [0.717, 1.165) is 19.3 Å². The molecule has 1 aliphatic carbocycles. The summed E-state index contributed by atoms with van der Waals surface area (Å²) in [5.41, 5.74) is -0.643. The Morgan fingerprint density at radius 3 is 3.05 bits per heavy atom. The molecule has 2 N–H and O–H groups in total. The molecule has 1 unspecified atom stereocenters. The van der Waals surface area contributed by atoms with Gasteiger partial charge in [-0.15, -0.1) is 11.3 Å². The number of nitrogens with zero attached hydrogens (tertiary/aromatic N) is 2. The Bertz CT molecular complexity index is 548. The number of carbonyl (C=O) groups is 2. The van der Waals surface area contributed by atoms with Crippen LogP contribution in [-0.2, 0) is 9.59 Å². The summed E-state index contributed by atoms with van der Waals surface area (Å²) in [4.78, 5) is 30.0. The number of thiazole rings is 1. The van der Waals surface area contributed by atoms with Gasteiger partial charge in [-0.2, -0.15) is 0 Å². The second-order valence-electron chi connectivity index (χ2n) is 5.98. The molecule has 0 spiro atoms. The third-order valence-corrected chi connectivity index (χ3v) is 5.60. The summed E-state index contributed by atoms with van der Waals surface area (Å²) in [6, 6.07) is -0.337. The van der Waals surface area contributed by atoms with E-state index >= 15 is 0 Å². The first kappa shape index (κ1) is 14.5. The number of fused-ring (bicyclic) bond motifs is 1. The summed E-state index contributed by atoms with van der Waals surface area (Å²) < 4.78 is 0. The van der Waals surface area contributed by atoms with Crippen molar-refractivity contribution >= 4 is 28.3 Å². The third-order valence-electron chi connectivity index (χ3n) is 4.91. The molecule has 1 aromatic rings. The first-order valence-corrected chi connectivity index (χ1v) is 8.09. The molecule has 0 radical (unpaired) electrons. The van der Waals surface area contributed by atoms with Gasteiger partial charge in [-0.3, -0.25) is 14.5 Å². The van der Waals surface area contributed by atoms with Gasteiger partial charge in [0.15, 0.2) is 5.13 Å². The lowest BCUT2D eigenvalue weighted by molar-refractivity contribution is -0.149. The predicted octanol–water partition coefficient (Wildman–Crippen LogP) is 1.66. The molecule has 1 aliphatic heterocycles. The largest absolute Gasteiger partial charge is 0.481 e. The predicted molar refractivity (Wildman–Crippen MR) is 79.2 cm³/mol. The second kappa shape index (κ2) is 5.38. The van der Waals surface area contributed by atoms with Crippen molar-refractivity contribution in [1.29, 1.82) is 0 Å². The zero-order chi connectivity index (χ0) is 15.0. The van der Waals surface area contributed by atoms with Gasteiger partial charge >= 0.3 is 5.97 Å². The summed E-state index contributed by atoms with van der Waals surface area (Å²) in [5.74, 6) is -0.657. The molecule has 2 aliphatic rings. The van der Waals surface area contributed by atoms with Crippen molar-refractivity contribution in [2.45, 2.75) is 32.2 Å². The zero-order valence-electron chi connectivity index (χ0n) is 11.9. The first-order valence-electron chi connectivity index (χ1n) is 7.21. The van der Waals surface area contributed by atoms with Crippen LogP contribution in [-0.4, -0.2) is 46.0 Å². The number of amides is 1. The molecule has 1 aromatic heterocycles. The number of carboxylic acid groups (broad SMARTS) is 1. The topological polar surface area (TPSA) is 82.5 Å². The van der Waals surface area contributed by atoms with Gasteiger partial charge < -0.3 is 10.4 Å². The van der Waals surface area contributed by atoms with Crippen LogP contribution in [0.2, 0.25) is 0 Å². The van der Waals surface area contributed by atoms with Gasteiger partial charge in [0.2, 0.25) is 5.91 Å². The van der Waals surface area contributed by atoms with E-state index in [1.807, 2.05) is 11.8 Å². The van der Waals surface area contributed by atoms with Crippen LogP contribution in [0.5, 0.6) is 0 Å². The highest BCUT2D eigenvalue weighted by atomic mass is 32.1. The second-order valence-corrected chi connectivity index (χ2v) is 6.88. The Hall–Kier alpha value is -1.47. The Labute approximate surface area is 127 Å². The van der Waals surface area contributed by atoms with E-state index in [0.29, 0.717) is 18.2 Å². The van der Waals surface area contributed by atoms with Crippen molar-refractivity contribution in [3.63, 3.8) is 0 Å². The van der Waals surface area contributed by atoms with Crippen LogP contribution in [0.1, 0.15) is 26.2 Å². The number of aliphatic carboxylic acids is 1. The van der Waals surface area contributed by atoms with Crippen molar-refractivity contribution in [3.05, 3.63) is 11.6 Å². The number of rotatable bonds is 4. The maximum Gasteiger partial charge on any atom is 0.311 e. The molecule has 3 rings (SSSR count). The minimum Gasteiger partial charge on any atom is -0.481 e. The maximum atomic E-state index is 12.3. The highest BCUT2D eigenvalue weighted by Gasteiger charge is 2.55. The van der Waals surface area contributed by atoms with Crippen LogP contribution in [0.3, 0.4) is 0 Å². The summed E-state index contributed by atoms with van der Waals surface area (Å²) in [6.07, 6.45) is 4.29. The fourth-order valence-electron chi connectivity index (χ4n) is 3.63. The molecule has 1 amide bonds. The Balaban J connectivity index is 1.68. The van der Waals surface area contributed by atoms with E-state index in [2.05, 4.69) is 10.3 Å². The van der Waals surface area contributed by atoms with Crippen molar-refractivity contribution < 1.29 is 14.7 Å². The van der Waals surface area contributed by atoms with Gasteiger partial charge in [0.1, 0.15) is 0 Å². The Kier molecular flexibility index (Phi) is 3.71. The molecule has 6 nitrogen and oxygen atoms in total. The summed E-state index contributed by atoms with van der Waals surface area (Å²) in [7, 11) is 0. The van der Waals surface area contributed by atoms with E-state index in [9.17, 15) is 14.7 Å². The molecule has 1 saturated carbocycles. The van der Waals surface area contributed by atoms with Crippen LogP contribution < -0.4 is 5.32 Å². The number of nitrogens with one attached hydrogen (secondary N) is 1. The first-order chi connectivity index (χ1) is 10.0. The summed E-state index contributed by atoms with van der Waals surface area (Å²) in [5, 5.41) is 14.8. The summed E-state index contributed by atoms with van der Waals surface area (Å²) in [6.45, 7) is 3.00. The molecular weight excluding hydrogens is 290 g/mol. The van der Waals surface area contributed by atoms with Crippen LogP contribution in [0.25, 0.3) is 0 Å². The molecule has 0 aromatic carbocycles. The molecule has 7 heteroatoms. The SMILES string of the molecule is CC(C(=O)Nc1nccs1)N1C[C@@H]2CCC[C@@]2(C(=O)O)C1. The zero-order valence-corrected chi connectivity index (χ0v) is 12.7. The van der Waals surface area contributed by atoms with Gasteiger partial charge in [0, 0.05) is 24.7 Å². The van der Waals surface area contributed by atoms with Gasteiger partial charge in [0.05, 0.1) is 11.5 Å². The number of carboxylic acids is 1. The van der Waals surface area contributed by atoms with E-state index in [-0.39, 0.29) is 17.9 Å². The van der Waals surface area contributed by atoms with E-state index in [1.54, 1.807) is 11.6 Å². The van der Waals surface area contributed by atoms with Crippen LogP contribution >= 0.6 is 11.3 Å². The van der Waals surface area contributed by atoms with Gasteiger partial charge in [-0.25, -0.2) is 4.98 Å². The molecule has 114 valence electrons. The Morgan fingerprint density at radius 2 is 2.43 bits per heavy atom. The molecule has 2 fully saturated rings. The van der Waals surface area contributed by atoms with Crippen molar-refractivity contribution in [1.82, 2.24) is 9.88 Å². The standard InChI is InChI=1S/C14H19N3O3S/c1-9(11(18)16-13-15-5-6-21-13)17-7-10-3-2-4-14(10,8-17)12(19)20/h5-6,9-10H,2-4,7-8H2,1H3,(H,19,20)(H,15,16,18)/t9?,10-,14+/m0/s1. The van der Waals surface area contributed by atoms with E-state index < -0.39 is 11.4 Å². The molecule has 0 bridgehead atoms. The number of anilines is 1. The lowest BCUT2D eigenvalue weighted by Gasteiger charge is -2.26. The lowest BCUT2D eigenvalue weighted by atomic mass is 9.81. The molecular formula is C14H19N3O3S. The van der Waals surface area contributed by atoms with Crippen LogP contribution in [0.15, 0.2) is 11.6 Å². The molecule has 21 heavy (non-hydrogen) atoms. The highest BCUT2D eigenvalue weighted by Crippen LogP contribution is 2.49. The van der Waals surface area contributed by atoms with E-state index in [4.69, 9.17) is 0 Å². The fourth-order valence-corrected chi connectivity index (χ4v) is 4.17. The van der Waals surface area contributed by atoms with Gasteiger partial charge in [-0.05, 0) is 25.7 Å². The average molecular weight is 309 g/mol. The minimum absolute atomic E-state index is 0.120. The summed E-state index contributed by atoms with van der Waals surface area (Å²) >= 11 is 1.38. The monoisotopic (exact) mass is 309 g/mol.